The van der Waals surface area contributed by atoms with Crippen molar-refractivity contribution in [2.24, 2.45) is 0 Å². The molecule has 0 N–H and O–H groups in total. The van der Waals surface area contributed by atoms with Crippen LogP contribution in [0.15, 0.2) is 0 Å². The number of esters is 1. The highest BCUT2D eigenvalue weighted by atomic mass is 16.5. The lowest BCUT2D eigenvalue weighted by Crippen LogP contribution is -2.05. The first kappa shape index (κ1) is 36.5. The van der Waals surface area contributed by atoms with Gasteiger partial charge in [0.05, 0.1) is 6.61 Å². The van der Waals surface area contributed by atoms with Crippen molar-refractivity contribution in [3.05, 3.63) is 0 Å². The van der Waals surface area contributed by atoms with Gasteiger partial charge in [0, 0.05) is 6.42 Å². The van der Waals surface area contributed by atoms with Crippen molar-refractivity contribution in [3.63, 3.8) is 0 Å². The molecule has 0 aromatic rings. The van der Waals surface area contributed by atoms with Crippen molar-refractivity contribution >= 4 is 5.97 Å². The quantitative estimate of drug-likeness (QED) is 0.0648. The Labute approximate surface area is 234 Å². The monoisotopic (exact) mass is 523 g/mol. The fourth-order valence-corrected chi connectivity index (χ4v) is 5.37. The summed E-state index contributed by atoms with van der Waals surface area (Å²) in [6, 6.07) is 0. The first-order valence-corrected chi connectivity index (χ1v) is 17.5. The smallest absolute Gasteiger partial charge is 0.305 e. The van der Waals surface area contributed by atoms with Crippen molar-refractivity contribution in [3.8, 4) is 0 Å². The number of hydrogen-bond acceptors (Lipinski definition) is 2. The Bertz CT molecular complexity index is 419. The standard InChI is InChI=1S/C35H70O2/c1-3-5-7-9-11-13-15-16-17-18-19-20-21-22-23-24-25-27-29-31-33-35(36)37-34-32-30-28-26-14-12-10-8-6-4-2/h3-34H2,1-2H3. The molecule has 0 fully saturated rings. The van der Waals surface area contributed by atoms with E-state index in [4.69, 9.17) is 4.74 Å². The summed E-state index contributed by atoms with van der Waals surface area (Å²) in [5, 5.41) is 0. The summed E-state index contributed by atoms with van der Waals surface area (Å²) in [5.74, 6) is 0.0262. The minimum atomic E-state index is 0.0262. The molecule has 0 unspecified atom stereocenters. The van der Waals surface area contributed by atoms with Crippen molar-refractivity contribution in [2.75, 3.05) is 6.61 Å². The molecule has 0 aliphatic rings. The first-order chi connectivity index (χ1) is 18.3. The van der Waals surface area contributed by atoms with E-state index in [1.807, 2.05) is 0 Å². The predicted molar refractivity (Wildman–Crippen MR) is 165 cm³/mol. The molecule has 0 rings (SSSR count). The van der Waals surface area contributed by atoms with E-state index in [-0.39, 0.29) is 5.97 Å². The highest BCUT2D eigenvalue weighted by Crippen LogP contribution is 2.15. The summed E-state index contributed by atoms with van der Waals surface area (Å²) in [4.78, 5) is 11.9. The minimum absolute atomic E-state index is 0.0262. The van der Waals surface area contributed by atoms with Gasteiger partial charge in [0.15, 0.2) is 0 Å². The van der Waals surface area contributed by atoms with Crippen LogP contribution in [0.5, 0.6) is 0 Å². The zero-order chi connectivity index (χ0) is 26.9. The van der Waals surface area contributed by atoms with Crippen LogP contribution in [0.1, 0.15) is 213 Å². The molecule has 0 aromatic carbocycles. The van der Waals surface area contributed by atoms with Gasteiger partial charge in [0.2, 0.25) is 0 Å². The average molecular weight is 523 g/mol. The van der Waals surface area contributed by atoms with E-state index in [9.17, 15) is 4.79 Å². The highest BCUT2D eigenvalue weighted by Gasteiger charge is 2.03. The van der Waals surface area contributed by atoms with Gasteiger partial charge in [-0.3, -0.25) is 4.79 Å². The van der Waals surface area contributed by atoms with Gasteiger partial charge in [-0.25, -0.2) is 0 Å². The molecule has 222 valence electrons. The molecule has 0 saturated carbocycles. The van der Waals surface area contributed by atoms with Crippen molar-refractivity contribution in [1.29, 1.82) is 0 Å². The number of carbonyl (C=O) groups excluding carboxylic acids is 1. The van der Waals surface area contributed by atoms with Crippen molar-refractivity contribution in [2.45, 2.75) is 213 Å². The molecule has 0 aromatic heterocycles. The van der Waals surface area contributed by atoms with Crippen molar-refractivity contribution < 1.29 is 9.53 Å². The van der Waals surface area contributed by atoms with E-state index < -0.39 is 0 Å². The maximum Gasteiger partial charge on any atom is 0.305 e. The number of ether oxygens (including phenoxy) is 1. The minimum Gasteiger partial charge on any atom is -0.466 e. The molecule has 0 amide bonds. The molecular weight excluding hydrogens is 452 g/mol. The van der Waals surface area contributed by atoms with E-state index in [1.54, 1.807) is 0 Å². The van der Waals surface area contributed by atoms with Crippen LogP contribution >= 0.6 is 0 Å². The molecule has 0 aliphatic heterocycles. The van der Waals surface area contributed by atoms with E-state index in [0.29, 0.717) is 13.0 Å². The van der Waals surface area contributed by atoms with Crippen LogP contribution in [0.3, 0.4) is 0 Å². The molecule has 0 radical (unpaired) electrons. The largest absolute Gasteiger partial charge is 0.466 e. The first-order valence-electron chi connectivity index (χ1n) is 17.5. The van der Waals surface area contributed by atoms with Gasteiger partial charge in [-0.1, -0.05) is 194 Å². The fourth-order valence-electron chi connectivity index (χ4n) is 5.37. The van der Waals surface area contributed by atoms with E-state index in [0.717, 1.165) is 12.8 Å². The molecule has 0 atom stereocenters. The van der Waals surface area contributed by atoms with Crippen LogP contribution in [-0.2, 0) is 9.53 Å². The molecule has 0 spiro atoms. The third-order valence-corrected chi connectivity index (χ3v) is 8.00. The maximum atomic E-state index is 11.9. The molecule has 0 saturated heterocycles. The Balaban J connectivity index is 3.12. The molecule has 2 heteroatoms. The Kier molecular flexibility index (Phi) is 33.0. The van der Waals surface area contributed by atoms with Crippen LogP contribution in [0.2, 0.25) is 0 Å². The average Bonchev–Trinajstić information content (AvgIpc) is 2.90. The lowest BCUT2D eigenvalue weighted by Gasteiger charge is -2.06. The predicted octanol–water partition coefficient (Wildman–Crippen LogP) is 12.7. The molecule has 0 bridgehead atoms. The Morgan fingerprint density at radius 2 is 0.595 bits per heavy atom. The number of carbonyl (C=O) groups is 1. The lowest BCUT2D eigenvalue weighted by atomic mass is 10.0. The van der Waals surface area contributed by atoms with Gasteiger partial charge in [0.25, 0.3) is 0 Å². The summed E-state index contributed by atoms with van der Waals surface area (Å²) in [5.41, 5.74) is 0. The third-order valence-electron chi connectivity index (χ3n) is 8.00. The molecular formula is C35H70O2. The van der Waals surface area contributed by atoms with Gasteiger partial charge < -0.3 is 4.74 Å². The van der Waals surface area contributed by atoms with Gasteiger partial charge in [-0.2, -0.15) is 0 Å². The summed E-state index contributed by atoms with van der Waals surface area (Å²) >= 11 is 0. The number of hydrogen-bond donors (Lipinski definition) is 0. The highest BCUT2D eigenvalue weighted by molar-refractivity contribution is 5.69. The second-order valence-electron chi connectivity index (χ2n) is 11.9. The van der Waals surface area contributed by atoms with Crippen LogP contribution in [0.25, 0.3) is 0 Å². The third kappa shape index (κ3) is 33.4. The Morgan fingerprint density at radius 3 is 0.892 bits per heavy atom. The van der Waals surface area contributed by atoms with E-state index in [2.05, 4.69) is 13.8 Å². The molecule has 0 aliphatic carbocycles. The van der Waals surface area contributed by atoms with Gasteiger partial charge in [-0.15, -0.1) is 0 Å². The summed E-state index contributed by atoms with van der Waals surface area (Å²) in [7, 11) is 0. The van der Waals surface area contributed by atoms with Gasteiger partial charge in [0.1, 0.15) is 0 Å². The Morgan fingerprint density at radius 1 is 0.351 bits per heavy atom. The summed E-state index contributed by atoms with van der Waals surface area (Å²) in [6.45, 7) is 5.20. The fraction of sp³-hybridized carbons (Fsp3) is 0.971. The van der Waals surface area contributed by atoms with Crippen LogP contribution in [0.4, 0.5) is 0 Å². The Hall–Kier alpha value is -0.530. The second-order valence-corrected chi connectivity index (χ2v) is 11.9. The number of rotatable bonds is 32. The van der Waals surface area contributed by atoms with E-state index >= 15 is 0 Å². The van der Waals surface area contributed by atoms with Gasteiger partial charge >= 0.3 is 5.97 Å². The number of unbranched alkanes of at least 4 members (excludes halogenated alkanes) is 28. The van der Waals surface area contributed by atoms with Crippen LogP contribution in [0, 0.1) is 0 Å². The van der Waals surface area contributed by atoms with E-state index in [1.165, 1.54) is 180 Å². The molecule has 37 heavy (non-hydrogen) atoms. The molecule has 2 nitrogen and oxygen atoms in total. The van der Waals surface area contributed by atoms with Crippen molar-refractivity contribution in [1.82, 2.24) is 0 Å². The summed E-state index contributed by atoms with van der Waals surface area (Å²) in [6.07, 6.45) is 41.6. The van der Waals surface area contributed by atoms with Crippen LogP contribution in [-0.4, -0.2) is 12.6 Å². The summed E-state index contributed by atoms with van der Waals surface area (Å²) < 4.78 is 5.42. The normalized spacial score (nSPS) is 11.3. The van der Waals surface area contributed by atoms with Crippen LogP contribution < -0.4 is 0 Å². The topological polar surface area (TPSA) is 26.3 Å². The zero-order valence-electron chi connectivity index (χ0n) is 25.9. The maximum absolute atomic E-state index is 11.9. The zero-order valence-corrected chi connectivity index (χ0v) is 25.9. The molecule has 0 heterocycles. The second kappa shape index (κ2) is 33.5. The van der Waals surface area contributed by atoms with Gasteiger partial charge in [-0.05, 0) is 12.8 Å². The SMILES string of the molecule is CCCCCCCCCCCCCCCCCCCCCCC(=O)OCCCCCCCCCCCC. The lowest BCUT2D eigenvalue weighted by molar-refractivity contribution is -0.143.